The van der Waals surface area contributed by atoms with Crippen LogP contribution in [0.3, 0.4) is 0 Å². The zero-order chi connectivity index (χ0) is 13.9. The van der Waals surface area contributed by atoms with Gasteiger partial charge in [-0.3, -0.25) is 4.79 Å². The molecule has 19 heavy (non-hydrogen) atoms. The van der Waals surface area contributed by atoms with E-state index in [9.17, 15) is 4.79 Å². The average molecular weight is 281 g/mol. The molecule has 1 aliphatic rings. The second-order valence-electron chi connectivity index (χ2n) is 5.29. The molecule has 0 aliphatic heterocycles. The molecular weight excluding hydrogens is 260 g/mol. The van der Waals surface area contributed by atoms with E-state index < -0.39 is 0 Å². The fraction of sp³-hybridized carbons (Fsp3) is 0.533. The second kappa shape index (κ2) is 5.93. The molecule has 2 rings (SSSR count). The summed E-state index contributed by atoms with van der Waals surface area (Å²) in [6.45, 7) is 3.77. The maximum atomic E-state index is 12.6. The van der Waals surface area contributed by atoms with E-state index in [0.717, 1.165) is 24.8 Å². The highest BCUT2D eigenvalue weighted by atomic mass is 35.5. The smallest absolute Gasteiger partial charge is 0.230 e. The van der Waals surface area contributed by atoms with Crippen molar-refractivity contribution < 1.29 is 4.79 Å². The summed E-state index contributed by atoms with van der Waals surface area (Å²) < 4.78 is 0. The van der Waals surface area contributed by atoms with Gasteiger partial charge in [-0.15, -0.1) is 0 Å². The molecule has 104 valence electrons. The molecule has 0 radical (unpaired) electrons. The van der Waals surface area contributed by atoms with Crippen molar-refractivity contribution in [2.45, 2.75) is 32.7 Å². The van der Waals surface area contributed by atoms with Gasteiger partial charge < -0.3 is 10.6 Å². The molecule has 1 saturated carbocycles. The van der Waals surface area contributed by atoms with Gasteiger partial charge in [0.15, 0.2) is 0 Å². The number of carbonyl (C=O) groups excluding carboxylic acids is 1. The first kappa shape index (κ1) is 14.4. The molecule has 0 atom stereocenters. The van der Waals surface area contributed by atoms with Crippen molar-refractivity contribution >= 4 is 17.5 Å². The van der Waals surface area contributed by atoms with Crippen molar-refractivity contribution in [3.63, 3.8) is 0 Å². The van der Waals surface area contributed by atoms with Crippen molar-refractivity contribution in [2.75, 3.05) is 13.1 Å². The van der Waals surface area contributed by atoms with Gasteiger partial charge in [0.05, 0.1) is 5.41 Å². The Hall–Kier alpha value is -1.06. The quantitative estimate of drug-likeness (QED) is 0.901. The normalized spacial score (nSPS) is 16.8. The summed E-state index contributed by atoms with van der Waals surface area (Å²) in [7, 11) is 0. The average Bonchev–Trinajstić information content (AvgIpc) is 2.35. The lowest BCUT2D eigenvalue weighted by Gasteiger charge is -2.42. The number of benzene rings is 1. The molecule has 0 aromatic heterocycles. The van der Waals surface area contributed by atoms with Crippen LogP contribution in [0, 0.1) is 5.41 Å². The van der Waals surface area contributed by atoms with Crippen molar-refractivity contribution in [3.05, 3.63) is 34.9 Å². The second-order valence-corrected chi connectivity index (χ2v) is 5.72. The maximum absolute atomic E-state index is 12.6. The van der Waals surface area contributed by atoms with Crippen LogP contribution < -0.4 is 5.73 Å². The fourth-order valence-electron chi connectivity index (χ4n) is 2.63. The lowest BCUT2D eigenvalue weighted by molar-refractivity contribution is -0.147. The number of rotatable bonds is 5. The largest absolute Gasteiger partial charge is 0.338 e. The minimum absolute atomic E-state index is 0.198. The number of hydrogen-bond donors (Lipinski definition) is 1. The van der Waals surface area contributed by atoms with Crippen LogP contribution in [-0.4, -0.2) is 23.9 Å². The Kier molecular flexibility index (Phi) is 4.48. The van der Waals surface area contributed by atoms with Crippen molar-refractivity contribution in [1.29, 1.82) is 0 Å². The van der Waals surface area contributed by atoms with Gasteiger partial charge in [0.1, 0.15) is 0 Å². The predicted molar refractivity (Wildman–Crippen MR) is 77.9 cm³/mol. The third-order valence-electron chi connectivity index (χ3n) is 4.09. The molecule has 1 aromatic rings. The summed E-state index contributed by atoms with van der Waals surface area (Å²) in [5.74, 6) is 0.198. The third-order valence-corrected chi connectivity index (χ3v) is 4.32. The third kappa shape index (κ3) is 2.93. The monoisotopic (exact) mass is 280 g/mol. The van der Waals surface area contributed by atoms with Gasteiger partial charge in [-0.2, -0.15) is 0 Å². The zero-order valence-electron chi connectivity index (χ0n) is 11.4. The van der Waals surface area contributed by atoms with Crippen LogP contribution in [0.4, 0.5) is 0 Å². The molecule has 1 fully saturated rings. The van der Waals surface area contributed by atoms with Gasteiger partial charge in [0.2, 0.25) is 5.91 Å². The Labute approximate surface area is 119 Å². The lowest BCUT2D eigenvalue weighted by Crippen LogP contribution is -2.51. The van der Waals surface area contributed by atoms with Gasteiger partial charge in [-0.1, -0.05) is 30.2 Å². The van der Waals surface area contributed by atoms with E-state index in [2.05, 4.69) is 0 Å². The maximum Gasteiger partial charge on any atom is 0.230 e. The first-order valence-corrected chi connectivity index (χ1v) is 7.23. The minimum Gasteiger partial charge on any atom is -0.338 e. The van der Waals surface area contributed by atoms with Gasteiger partial charge in [-0.25, -0.2) is 0 Å². The van der Waals surface area contributed by atoms with E-state index in [1.807, 2.05) is 36.1 Å². The number of hydrogen-bond acceptors (Lipinski definition) is 2. The van der Waals surface area contributed by atoms with Gasteiger partial charge >= 0.3 is 0 Å². The predicted octanol–water partition coefficient (Wildman–Crippen LogP) is 2.82. The van der Waals surface area contributed by atoms with Crippen LogP contribution in [0.25, 0.3) is 0 Å². The highest BCUT2D eigenvalue weighted by molar-refractivity contribution is 6.30. The van der Waals surface area contributed by atoms with Crippen LogP contribution in [0.15, 0.2) is 24.3 Å². The summed E-state index contributed by atoms with van der Waals surface area (Å²) in [6.07, 6.45) is 2.96. The van der Waals surface area contributed by atoms with Crippen molar-refractivity contribution in [1.82, 2.24) is 4.90 Å². The summed E-state index contributed by atoms with van der Waals surface area (Å²) in [4.78, 5) is 14.5. The zero-order valence-corrected chi connectivity index (χ0v) is 12.1. The standard InChI is InChI=1S/C15H21ClN2O/c1-2-18(10-12-5-3-6-13(16)9-12)14(19)15(11-17)7-4-8-15/h3,5-6,9H,2,4,7-8,10-11,17H2,1H3. The fourth-order valence-corrected chi connectivity index (χ4v) is 2.84. The van der Waals surface area contributed by atoms with E-state index >= 15 is 0 Å². The molecular formula is C15H21ClN2O. The Morgan fingerprint density at radius 3 is 2.68 bits per heavy atom. The Morgan fingerprint density at radius 1 is 1.47 bits per heavy atom. The molecule has 1 aliphatic carbocycles. The summed E-state index contributed by atoms with van der Waals surface area (Å²) >= 11 is 5.98. The van der Waals surface area contributed by atoms with Crippen LogP contribution in [0.2, 0.25) is 5.02 Å². The molecule has 4 heteroatoms. The van der Waals surface area contributed by atoms with E-state index in [4.69, 9.17) is 17.3 Å². The minimum atomic E-state index is -0.297. The summed E-state index contributed by atoms with van der Waals surface area (Å²) in [5, 5.41) is 0.707. The molecule has 3 nitrogen and oxygen atoms in total. The Morgan fingerprint density at radius 2 is 2.21 bits per heavy atom. The molecule has 1 amide bonds. The molecule has 0 unspecified atom stereocenters. The Bertz CT molecular complexity index is 452. The summed E-state index contributed by atoms with van der Waals surface area (Å²) in [6, 6.07) is 7.67. The number of nitrogens with two attached hydrogens (primary N) is 1. The molecule has 1 aromatic carbocycles. The Balaban J connectivity index is 2.10. The highest BCUT2D eigenvalue weighted by Crippen LogP contribution is 2.41. The lowest BCUT2D eigenvalue weighted by atomic mass is 9.68. The van der Waals surface area contributed by atoms with Crippen molar-refractivity contribution in [2.24, 2.45) is 11.1 Å². The number of nitrogens with zero attached hydrogens (tertiary/aromatic N) is 1. The van der Waals surface area contributed by atoms with Crippen molar-refractivity contribution in [3.8, 4) is 0 Å². The summed E-state index contributed by atoms with van der Waals surface area (Å²) in [5.41, 5.74) is 6.58. The number of carbonyl (C=O) groups is 1. The van der Waals surface area contributed by atoms with Crippen LogP contribution in [0.1, 0.15) is 31.7 Å². The molecule has 2 N–H and O–H groups in total. The van der Waals surface area contributed by atoms with E-state index in [1.165, 1.54) is 0 Å². The van der Waals surface area contributed by atoms with Gasteiger partial charge in [-0.05, 0) is 37.5 Å². The first-order valence-electron chi connectivity index (χ1n) is 6.85. The molecule has 0 spiro atoms. The van der Waals surface area contributed by atoms with Crippen LogP contribution >= 0.6 is 11.6 Å². The van der Waals surface area contributed by atoms with E-state index in [1.54, 1.807) is 0 Å². The van der Waals surface area contributed by atoms with Crippen LogP contribution in [0.5, 0.6) is 0 Å². The first-order chi connectivity index (χ1) is 9.11. The molecule has 0 bridgehead atoms. The molecule has 0 saturated heterocycles. The van der Waals surface area contributed by atoms with E-state index in [0.29, 0.717) is 24.7 Å². The number of amides is 1. The van der Waals surface area contributed by atoms with E-state index in [-0.39, 0.29) is 11.3 Å². The number of halogens is 1. The topological polar surface area (TPSA) is 46.3 Å². The molecule has 0 heterocycles. The van der Waals surface area contributed by atoms with Crippen LogP contribution in [-0.2, 0) is 11.3 Å². The SMILES string of the molecule is CCN(Cc1cccc(Cl)c1)C(=O)C1(CN)CCC1. The highest BCUT2D eigenvalue weighted by Gasteiger charge is 2.44. The van der Waals surface area contributed by atoms with Gasteiger partial charge in [0, 0.05) is 24.7 Å². The van der Waals surface area contributed by atoms with Gasteiger partial charge in [0.25, 0.3) is 0 Å².